The summed E-state index contributed by atoms with van der Waals surface area (Å²) in [6.07, 6.45) is 5.71. The van der Waals surface area contributed by atoms with Gasteiger partial charge in [-0.3, -0.25) is 14.4 Å². The van der Waals surface area contributed by atoms with E-state index < -0.39 is 5.97 Å². The number of hydrogen-bond donors (Lipinski definition) is 1. The molecule has 1 N–H and O–H groups in total. The average molecular weight is 327 g/mol. The number of nitrogens with zero attached hydrogens (tertiary/aromatic N) is 1. The SMILES string of the molecule is CC(=O)SCC1CC(=O)N(CC2(CC(=O)O)CCCCC2)C1. The van der Waals surface area contributed by atoms with Crippen LogP contribution in [0.25, 0.3) is 0 Å². The number of likely N-dealkylation sites (tertiary alicyclic amines) is 1. The second-order valence-corrected chi connectivity index (χ2v) is 7.98. The third-order valence-electron chi connectivity index (χ3n) is 4.78. The highest BCUT2D eigenvalue weighted by molar-refractivity contribution is 8.13. The first kappa shape index (κ1) is 17.3. The molecular formula is C16H25NO4S. The molecule has 2 fully saturated rings. The number of hydrogen-bond acceptors (Lipinski definition) is 4. The minimum Gasteiger partial charge on any atom is -0.481 e. The number of aliphatic carboxylic acids is 1. The fraction of sp³-hybridized carbons (Fsp3) is 0.812. The lowest BCUT2D eigenvalue weighted by atomic mass is 9.71. The summed E-state index contributed by atoms with van der Waals surface area (Å²) in [4.78, 5) is 36.3. The third-order valence-corrected chi connectivity index (χ3v) is 5.83. The maximum Gasteiger partial charge on any atom is 0.303 e. The van der Waals surface area contributed by atoms with Gasteiger partial charge in [0.25, 0.3) is 0 Å². The number of amides is 1. The quantitative estimate of drug-likeness (QED) is 0.811. The first-order chi connectivity index (χ1) is 10.4. The number of carboxylic acid groups (broad SMARTS) is 1. The number of carboxylic acids is 1. The largest absolute Gasteiger partial charge is 0.481 e. The molecule has 0 bridgehead atoms. The lowest BCUT2D eigenvalue weighted by molar-refractivity contribution is -0.142. The molecule has 6 heteroatoms. The summed E-state index contributed by atoms with van der Waals surface area (Å²) < 4.78 is 0. The van der Waals surface area contributed by atoms with E-state index in [4.69, 9.17) is 0 Å². The highest BCUT2D eigenvalue weighted by atomic mass is 32.2. The van der Waals surface area contributed by atoms with Gasteiger partial charge in [0.1, 0.15) is 0 Å². The van der Waals surface area contributed by atoms with Gasteiger partial charge >= 0.3 is 5.97 Å². The molecule has 1 saturated heterocycles. The van der Waals surface area contributed by atoms with Gasteiger partial charge in [0, 0.05) is 32.2 Å². The van der Waals surface area contributed by atoms with Crippen LogP contribution in [0.2, 0.25) is 0 Å². The second-order valence-electron chi connectivity index (χ2n) is 6.78. The second kappa shape index (κ2) is 7.49. The molecule has 0 aromatic carbocycles. The molecular weight excluding hydrogens is 302 g/mol. The molecule has 1 heterocycles. The topological polar surface area (TPSA) is 74.7 Å². The van der Waals surface area contributed by atoms with E-state index in [-0.39, 0.29) is 28.8 Å². The summed E-state index contributed by atoms with van der Waals surface area (Å²) in [5, 5.41) is 9.31. The zero-order valence-electron chi connectivity index (χ0n) is 13.2. The van der Waals surface area contributed by atoms with Gasteiger partial charge in [-0.2, -0.15) is 0 Å². The van der Waals surface area contributed by atoms with Crippen LogP contribution >= 0.6 is 11.8 Å². The van der Waals surface area contributed by atoms with Crippen LogP contribution in [-0.4, -0.2) is 45.8 Å². The Hall–Kier alpha value is -1.04. The van der Waals surface area contributed by atoms with Crippen molar-refractivity contribution in [2.45, 2.75) is 51.9 Å². The van der Waals surface area contributed by atoms with Crippen LogP contribution in [0.15, 0.2) is 0 Å². The number of thioether (sulfide) groups is 1. The molecule has 0 aromatic heterocycles. The van der Waals surface area contributed by atoms with Crippen LogP contribution in [-0.2, 0) is 14.4 Å². The summed E-state index contributed by atoms with van der Waals surface area (Å²) in [7, 11) is 0. The van der Waals surface area contributed by atoms with Gasteiger partial charge in [0.15, 0.2) is 5.12 Å². The van der Waals surface area contributed by atoms with Crippen LogP contribution in [0.5, 0.6) is 0 Å². The highest BCUT2D eigenvalue weighted by Gasteiger charge is 2.40. The Morgan fingerprint density at radius 2 is 2.00 bits per heavy atom. The fourth-order valence-corrected chi connectivity index (χ4v) is 4.47. The maximum absolute atomic E-state index is 12.2. The van der Waals surface area contributed by atoms with Crippen molar-refractivity contribution in [3.8, 4) is 0 Å². The minimum atomic E-state index is -0.766. The average Bonchev–Trinajstić information content (AvgIpc) is 2.77. The zero-order valence-corrected chi connectivity index (χ0v) is 14.0. The Bertz CT molecular complexity index is 445. The van der Waals surface area contributed by atoms with Gasteiger partial charge in [0.2, 0.25) is 5.91 Å². The highest BCUT2D eigenvalue weighted by Crippen LogP contribution is 2.41. The Labute approximate surface area is 135 Å². The number of carbonyl (C=O) groups excluding carboxylic acids is 2. The van der Waals surface area contributed by atoms with Crippen molar-refractivity contribution in [3.63, 3.8) is 0 Å². The van der Waals surface area contributed by atoms with Crippen molar-refractivity contribution in [2.75, 3.05) is 18.8 Å². The standard InChI is InChI=1S/C16H25NO4S/c1-12(18)22-10-13-7-14(19)17(9-13)11-16(8-15(20)21)5-3-2-4-6-16/h13H,2-11H2,1H3,(H,20,21). The van der Waals surface area contributed by atoms with Gasteiger partial charge in [-0.1, -0.05) is 31.0 Å². The van der Waals surface area contributed by atoms with Crippen molar-refractivity contribution in [2.24, 2.45) is 11.3 Å². The molecule has 1 aliphatic carbocycles. The van der Waals surface area contributed by atoms with E-state index in [1.165, 1.54) is 11.8 Å². The van der Waals surface area contributed by atoms with Gasteiger partial charge in [-0.25, -0.2) is 0 Å². The zero-order chi connectivity index (χ0) is 16.2. The molecule has 124 valence electrons. The summed E-state index contributed by atoms with van der Waals surface area (Å²) in [5.74, 6) is 0.248. The molecule has 1 atom stereocenters. The van der Waals surface area contributed by atoms with Crippen LogP contribution in [0, 0.1) is 11.3 Å². The Balaban J connectivity index is 1.96. The number of carbonyl (C=O) groups is 3. The molecule has 1 amide bonds. The Kier molecular flexibility index (Phi) is 5.89. The van der Waals surface area contributed by atoms with E-state index in [9.17, 15) is 19.5 Å². The monoisotopic (exact) mass is 327 g/mol. The third kappa shape index (κ3) is 4.73. The molecule has 0 radical (unpaired) electrons. The van der Waals surface area contributed by atoms with E-state index in [2.05, 4.69) is 0 Å². The van der Waals surface area contributed by atoms with Crippen LogP contribution in [0.3, 0.4) is 0 Å². The molecule has 1 unspecified atom stereocenters. The summed E-state index contributed by atoms with van der Waals surface area (Å²) in [6.45, 7) is 2.78. The molecule has 1 aliphatic heterocycles. The normalized spacial score (nSPS) is 24.5. The lowest BCUT2D eigenvalue weighted by Gasteiger charge is -2.39. The first-order valence-corrected chi connectivity index (χ1v) is 9.02. The molecule has 0 spiro atoms. The lowest BCUT2D eigenvalue weighted by Crippen LogP contribution is -2.41. The summed E-state index contributed by atoms with van der Waals surface area (Å²) >= 11 is 1.28. The number of rotatable bonds is 6. The van der Waals surface area contributed by atoms with Crippen molar-refractivity contribution in [1.82, 2.24) is 4.90 Å². The fourth-order valence-electron chi connectivity index (χ4n) is 3.77. The molecule has 2 aliphatic rings. The molecule has 22 heavy (non-hydrogen) atoms. The van der Waals surface area contributed by atoms with Gasteiger partial charge in [0.05, 0.1) is 6.42 Å². The molecule has 5 nitrogen and oxygen atoms in total. The van der Waals surface area contributed by atoms with Crippen LogP contribution in [0.1, 0.15) is 51.9 Å². The van der Waals surface area contributed by atoms with Gasteiger partial charge in [-0.05, 0) is 24.2 Å². The predicted octanol–water partition coefficient (Wildman–Crippen LogP) is 2.54. The molecule has 1 saturated carbocycles. The molecule has 0 aromatic rings. The van der Waals surface area contributed by atoms with E-state index in [1.807, 2.05) is 4.90 Å². The van der Waals surface area contributed by atoms with E-state index in [0.29, 0.717) is 25.3 Å². The van der Waals surface area contributed by atoms with Crippen molar-refractivity contribution in [1.29, 1.82) is 0 Å². The van der Waals surface area contributed by atoms with Crippen molar-refractivity contribution in [3.05, 3.63) is 0 Å². The van der Waals surface area contributed by atoms with E-state index >= 15 is 0 Å². The van der Waals surface area contributed by atoms with E-state index in [0.717, 1.165) is 32.1 Å². The minimum absolute atomic E-state index is 0.0838. The van der Waals surface area contributed by atoms with Crippen molar-refractivity contribution >= 4 is 28.8 Å². The first-order valence-electron chi connectivity index (χ1n) is 8.03. The smallest absolute Gasteiger partial charge is 0.303 e. The summed E-state index contributed by atoms with van der Waals surface area (Å²) in [5.41, 5.74) is -0.248. The van der Waals surface area contributed by atoms with Crippen LogP contribution < -0.4 is 0 Å². The molecule has 2 rings (SSSR count). The van der Waals surface area contributed by atoms with Crippen molar-refractivity contribution < 1.29 is 19.5 Å². The Morgan fingerprint density at radius 1 is 1.32 bits per heavy atom. The Morgan fingerprint density at radius 3 is 2.59 bits per heavy atom. The predicted molar refractivity (Wildman–Crippen MR) is 85.6 cm³/mol. The van der Waals surface area contributed by atoms with Gasteiger partial charge < -0.3 is 10.0 Å². The van der Waals surface area contributed by atoms with Crippen LogP contribution in [0.4, 0.5) is 0 Å². The van der Waals surface area contributed by atoms with E-state index in [1.54, 1.807) is 6.92 Å². The van der Waals surface area contributed by atoms with Gasteiger partial charge in [-0.15, -0.1) is 0 Å². The summed E-state index contributed by atoms with van der Waals surface area (Å²) in [6, 6.07) is 0. The maximum atomic E-state index is 12.2.